The Morgan fingerprint density at radius 3 is 2.54 bits per heavy atom. The van der Waals surface area contributed by atoms with Gasteiger partial charge in [0.15, 0.2) is 5.69 Å². The number of carbonyl (C=O) groups is 1. The molecule has 6 nitrogen and oxygen atoms in total. The van der Waals surface area contributed by atoms with Gasteiger partial charge in [-0.15, -0.1) is 0 Å². The van der Waals surface area contributed by atoms with Crippen LogP contribution in [0.25, 0.3) is 11.1 Å². The quantitative estimate of drug-likeness (QED) is 0.880. The number of nitrogens with one attached hydrogen (secondary N) is 1. The highest BCUT2D eigenvalue weighted by molar-refractivity contribution is 5.99. The van der Waals surface area contributed by atoms with Crippen molar-refractivity contribution in [3.8, 4) is 22.9 Å². The SMILES string of the molecule is CCc1c(-c2ccc(OC)cc2NC(=O)C(C)(C)C)c(C#N)nn1CC. The highest BCUT2D eigenvalue weighted by Gasteiger charge is 2.25. The molecule has 26 heavy (non-hydrogen) atoms. The van der Waals surface area contributed by atoms with Crippen molar-refractivity contribution in [3.63, 3.8) is 0 Å². The molecular formula is C20H26N4O2. The van der Waals surface area contributed by atoms with Gasteiger partial charge in [0, 0.05) is 34.8 Å². The van der Waals surface area contributed by atoms with Crippen LogP contribution < -0.4 is 10.1 Å². The summed E-state index contributed by atoms with van der Waals surface area (Å²) < 4.78 is 7.16. The zero-order chi connectivity index (χ0) is 19.5. The maximum absolute atomic E-state index is 12.5. The van der Waals surface area contributed by atoms with Gasteiger partial charge < -0.3 is 10.1 Å². The van der Waals surface area contributed by atoms with Gasteiger partial charge >= 0.3 is 0 Å². The predicted molar refractivity (Wildman–Crippen MR) is 102 cm³/mol. The molecule has 1 amide bonds. The fourth-order valence-corrected chi connectivity index (χ4v) is 2.76. The smallest absolute Gasteiger partial charge is 0.229 e. The number of nitrogens with zero attached hydrogens (tertiary/aromatic N) is 3. The average Bonchev–Trinajstić information content (AvgIpc) is 2.98. The van der Waals surface area contributed by atoms with Gasteiger partial charge in [-0.1, -0.05) is 27.7 Å². The summed E-state index contributed by atoms with van der Waals surface area (Å²) in [5.74, 6) is 0.531. The van der Waals surface area contributed by atoms with Gasteiger partial charge in [-0.3, -0.25) is 9.48 Å². The highest BCUT2D eigenvalue weighted by Crippen LogP contribution is 2.36. The fourth-order valence-electron chi connectivity index (χ4n) is 2.76. The largest absolute Gasteiger partial charge is 0.497 e. The zero-order valence-corrected chi connectivity index (χ0v) is 16.3. The van der Waals surface area contributed by atoms with Crippen LogP contribution >= 0.6 is 0 Å². The van der Waals surface area contributed by atoms with E-state index in [9.17, 15) is 10.1 Å². The van der Waals surface area contributed by atoms with Crippen LogP contribution in [0.2, 0.25) is 0 Å². The van der Waals surface area contributed by atoms with E-state index in [0.29, 0.717) is 23.7 Å². The molecule has 1 heterocycles. The van der Waals surface area contributed by atoms with Crippen molar-refractivity contribution in [1.82, 2.24) is 9.78 Å². The minimum atomic E-state index is -0.542. The van der Waals surface area contributed by atoms with E-state index < -0.39 is 5.41 Å². The third-order valence-corrected chi connectivity index (χ3v) is 4.22. The molecular weight excluding hydrogens is 328 g/mol. The molecule has 0 radical (unpaired) electrons. The van der Waals surface area contributed by atoms with Crippen LogP contribution in [0.3, 0.4) is 0 Å². The first kappa shape index (κ1) is 19.5. The lowest BCUT2D eigenvalue weighted by Crippen LogP contribution is -2.27. The van der Waals surface area contributed by atoms with Crippen molar-refractivity contribution in [1.29, 1.82) is 5.26 Å². The third kappa shape index (κ3) is 3.72. The van der Waals surface area contributed by atoms with E-state index >= 15 is 0 Å². The van der Waals surface area contributed by atoms with Crippen LogP contribution in [0.1, 0.15) is 46.0 Å². The molecule has 0 aliphatic heterocycles. The van der Waals surface area contributed by atoms with E-state index in [1.54, 1.807) is 13.2 Å². The Labute approximate surface area is 154 Å². The molecule has 0 atom stereocenters. The van der Waals surface area contributed by atoms with Crippen LogP contribution in [0.4, 0.5) is 5.69 Å². The lowest BCUT2D eigenvalue weighted by molar-refractivity contribution is -0.123. The van der Waals surface area contributed by atoms with Crippen molar-refractivity contribution in [2.75, 3.05) is 12.4 Å². The molecule has 0 aliphatic carbocycles. The standard InChI is InChI=1S/C20H26N4O2/c1-7-17-18(16(12-21)23-24(17)8-2)14-10-9-13(26-6)11-15(14)22-19(25)20(3,4)5/h9-11H,7-8H2,1-6H3,(H,22,25). The van der Waals surface area contributed by atoms with Gasteiger partial charge in [0.2, 0.25) is 5.91 Å². The van der Waals surface area contributed by atoms with E-state index in [0.717, 1.165) is 23.2 Å². The summed E-state index contributed by atoms with van der Waals surface area (Å²) in [7, 11) is 1.58. The van der Waals surface area contributed by atoms with Gasteiger partial charge in [0.25, 0.3) is 0 Å². The van der Waals surface area contributed by atoms with E-state index in [2.05, 4.69) is 16.5 Å². The van der Waals surface area contributed by atoms with Crippen LogP contribution in [-0.4, -0.2) is 22.8 Å². The average molecular weight is 354 g/mol. The number of nitriles is 1. The maximum atomic E-state index is 12.5. The number of hydrogen-bond donors (Lipinski definition) is 1. The van der Waals surface area contributed by atoms with Crippen molar-refractivity contribution in [2.24, 2.45) is 5.41 Å². The van der Waals surface area contributed by atoms with E-state index in [1.807, 2.05) is 51.4 Å². The molecule has 0 spiro atoms. The number of methoxy groups -OCH3 is 1. The molecule has 138 valence electrons. The van der Waals surface area contributed by atoms with Crippen molar-refractivity contribution in [3.05, 3.63) is 29.6 Å². The minimum Gasteiger partial charge on any atom is -0.497 e. The van der Waals surface area contributed by atoms with Gasteiger partial charge in [-0.2, -0.15) is 10.4 Å². The van der Waals surface area contributed by atoms with Crippen LogP contribution in [0.15, 0.2) is 18.2 Å². The summed E-state index contributed by atoms with van der Waals surface area (Å²) >= 11 is 0. The number of amides is 1. The Kier molecular flexibility index (Phi) is 5.71. The second-order valence-electron chi connectivity index (χ2n) is 7.07. The van der Waals surface area contributed by atoms with Crippen molar-refractivity contribution in [2.45, 2.75) is 47.6 Å². The monoisotopic (exact) mass is 354 g/mol. The maximum Gasteiger partial charge on any atom is 0.229 e. The summed E-state index contributed by atoms with van der Waals surface area (Å²) in [4.78, 5) is 12.5. The van der Waals surface area contributed by atoms with Crippen LogP contribution in [0, 0.1) is 16.7 Å². The first-order valence-electron chi connectivity index (χ1n) is 8.76. The van der Waals surface area contributed by atoms with Crippen molar-refractivity contribution < 1.29 is 9.53 Å². The molecule has 0 aliphatic rings. The Bertz CT molecular complexity index is 854. The number of benzene rings is 1. The fraction of sp³-hybridized carbons (Fsp3) is 0.450. The van der Waals surface area contributed by atoms with E-state index in [1.165, 1.54) is 0 Å². The first-order valence-corrected chi connectivity index (χ1v) is 8.76. The number of rotatable bonds is 5. The first-order chi connectivity index (χ1) is 12.3. The predicted octanol–water partition coefficient (Wildman–Crippen LogP) is 4.00. The van der Waals surface area contributed by atoms with Crippen LogP contribution in [-0.2, 0) is 17.8 Å². The molecule has 2 rings (SSSR count). The Morgan fingerprint density at radius 2 is 2.04 bits per heavy atom. The van der Waals surface area contributed by atoms with Gasteiger partial charge in [-0.05, 0) is 25.5 Å². The number of ether oxygens (including phenoxy) is 1. The van der Waals surface area contributed by atoms with Crippen molar-refractivity contribution >= 4 is 11.6 Å². The molecule has 0 bridgehead atoms. The summed E-state index contributed by atoms with van der Waals surface area (Å²) in [5.41, 5.74) is 2.95. The van der Waals surface area contributed by atoms with Gasteiger partial charge in [-0.25, -0.2) is 0 Å². The molecule has 1 aromatic heterocycles. The Balaban J connectivity index is 2.69. The summed E-state index contributed by atoms with van der Waals surface area (Å²) in [6, 6.07) is 7.66. The van der Waals surface area contributed by atoms with E-state index in [4.69, 9.17) is 4.74 Å². The topological polar surface area (TPSA) is 79.9 Å². The lowest BCUT2D eigenvalue weighted by atomic mass is 9.94. The molecule has 0 fully saturated rings. The molecule has 1 aromatic carbocycles. The summed E-state index contributed by atoms with van der Waals surface area (Å²) in [6.45, 7) is 10.3. The molecule has 0 unspecified atom stereocenters. The highest BCUT2D eigenvalue weighted by atomic mass is 16.5. The third-order valence-electron chi connectivity index (χ3n) is 4.22. The normalized spacial score (nSPS) is 11.1. The summed E-state index contributed by atoms with van der Waals surface area (Å²) in [6.07, 6.45) is 0.733. The molecule has 0 saturated heterocycles. The Hall–Kier alpha value is -2.81. The van der Waals surface area contributed by atoms with Gasteiger partial charge in [0.05, 0.1) is 12.8 Å². The number of aryl methyl sites for hydroxylation is 1. The molecule has 1 N–H and O–H groups in total. The minimum absolute atomic E-state index is 0.105. The van der Waals surface area contributed by atoms with Crippen LogP contribution in [0.5, 0.6) is 5.75 Å². The zero-order valence-electron chi connectivity index (χ0n) is 16.3. The lowest BCUT2D eigenvalue weighted by Gasteiger charge is -2.20. The second-order valence-corrected chi connectivity index (χ2v) is 7.07. The molecule has 0 saturated carbocycles. The second kappa shape index (κ2) is 7.61. The number of anilines is 1. The van der Waals surface area contributed by atoms with Gasteiger partial charge in [0.1, 0.15) is 11.8 Å². The molecule has 2 aromatic rings. The number of carbonyl (C=O) groups excluding carboxylic acids is 1. The van der Waals surface area contributed by atoms with E-state index in [-0.39, 0.29) is 5.91 Å². The number of aromatic nitrogens is 2. The Morgan fingerprint density at radius 1 is 1.35 bits per heavy atom. The molecule has 6 heteroatoms. The number of hydrogen-bond acceptors (Lipinski definition) is 4. The summed E-state index contributed by atoms with van der Waals surface area (Å²) in [5, 5.41) is 17.0.